The van der Waals surface area contributed by atoms with E-state index in [-0.39, 0.29) is 0 Å². The van der Waals surface area contributed by atoms with E-state index < -0.39 is 0 Å². The Labute approximate surface area is 147 Å². The number of hydrogen-bond acceptors (Lipinski definition) is 3. The number of rotatable bonds is 6. The Hall–Kier alpha value is -1.71. The standard InChI is InChI=1S/C18H21Cl2N3/c1-4-11-23(16-8-5-14(19)6-9-16)22-13(2)17-12-15(20)7-10-18(17)21-3/h5-10,12,21H,4,11H2,1-3H3/b22-13+. The van der Waals surface area contributed by atoms with Gasteiger partial charge in [0.1, 0.15) is 0 Å². The van der Waals surface area contributed by atoms with Crippen molar-refractivity contribution in [3.63, 3.8) is 0 Å². The predicted molar refractivity (Wildman–Crippen MR) is 102 cm³/mol. The largest absolute Gasteiger partial charge is 0.388 e. The molecule has 0 fully saturated rings. The number of halogens is 2. The fraction of sp³-hybridized carbons (Fsp3) is 0.278. The van der Waals surface area contributed by atoms with Crippen molar-refractivity contribution in [2.75, 3.05) is 23.9 Å². The van der Waals surface area contributed by atoms with Crippen LogP contribution in [-0.4, -0.2) is 19.3 Å². The van der Waals surface area contributed by atoms with Crippen molar-refractivity contribution in [2.45, 2.75) is 20.3 Å². The number of anilines is 2. The lowest BCUT2D eigenvalue weighted by Gasteiger charge is -2.20. The predicted octanol–water partition coefficient (Wildman–Crippen LogP) is 5.68. The van der Waals surface area contributed by atoms with Crippen molar-refractivity contribution in [3.8, 4) is 0 Å². The van der Waals surface area contributed by atoms with Gasteiger partial charge < -0.3 is 5.32 Å². The molecular formula is C18H21Cl2N3. The van der Waals surface area contributed by atoms with Gasteiger partial charge in [-0.25, -0.2) is 0 Å². The third-order valence-corrected chi connectivity index (χ3v) is 3.96. The van der Waals surface area contributed by atoms with Gasteiger partial charge in [0, 0.05) is 34.9 Å². The summed E-state index contributed by atoms with van der Waals surface area (Å²) in [5.74, 6) is 0. The fourth-order valence-corrected chi connectivity index (χ4v) is 2.63. The molecule has 0 aliphatic rings. The minimum atomic E-state index is 0.696. The first-order chi connectivity index (χ1) is 11.0. The summed E-state index contributed by atoms with van der Waals surface area (Å²) in [5, 5.41) is 11.4. The van der Waals surface area contributed by atoms with Crippen LogP contribution in [0.15, 0.2) is 47.6 Å². The summed E-state index contributed by atoms with van der Waals surface area (Å²) in [4.78, 5) is 0. The summed E-state index contributed by atoms with van der Waals surface area (Å²) in [5.41, 5.74) is 3.92. The minimum absolute atomic E-state index is 0.696. The number of nitrogens with one attached hydrogen (secondary N) is 1. The number of hydrazone groups is 1. The summed E-state index contributed by atoms with van der Waals surface area (Å²) >= 11 is 12.1. The van der Waals surface area contributed by atoms with E-state index in [1.54, 1.807) is 0 Å². The van der Waals surface area contributed by atoms with Crippen molar-refractivity contribution in [3.05, 3.63) is 58.1 Å². The van der Waals surface area contributed by atoms with E-state index in [2.05, 4.69) is 12.2 Å². The topological polar surface area (TPSA) is 27.6 Å². The van der Waals surface area contributed by atoms with Crippen LogP contribution in [0.3, 0.4) is 0 Å². The summed E-state index contributed by atoms with van der Waals surface area (Å²) in [6, 6.07) is 13.5. The van der Waals surface area contributed by atoms with Crippen LogP contribution < -0.4 is 10.3 Å². The Morgan fingerprint density at radius 2 is 1.74 bits per heavy atom. The molecule has 0 atom stereocenters. The fourth-order valence-electron chi connectivity index (χ4n) is 2.33. The Bertz CT molecular complexity index is 681. The van der Waals surface area contributed by atoms with Gasteiger partial charge in [-0.1, -0.05) is 30.1 Å². The van der Waals surface area contributed by atoms with E-state index in [1.165, 1.54) is 0 Å². The first-order valence-corrected chi connectivity index (χ1v) is 8.36. The number of benzene rings is 2. The number of hydrogen-bond donors (Lipinski definition) is 1. The molecule has 0 aliphatic heterocycles. The van der Waals surface area contributed by atoms with Crippen LogP contribution in [0, 0.1) is 0 Å². The molecule has 2 aromatic rings. The van der Waals surface area contributed by atoms with Gasteiger partial charge >= 0.3 is 0 Å². The van der Waals surface area contributed by atoms with Crippen LogP contribution in [0.25, 0.3) is 0 Å². The van der Waals surface area contributed by atoms with E-state index >= 15 is 0 Å². The van der Waals surface area contributed by atoms with E-state index in [9.17, 15) is 0 Å². The molecule has 5 heteroatoms. The number of nitrogens with zero attached hydrogens (tertiary/aromatic N) is 2. The lowest BCUT2D eigenvalue weighted by atomic mass is 10.1. The lowest BCUT2D eigenvalue weighted by molar-refractivity contribution is 0.806. The highest BCUT2D eigenvalue weighted by Crippen LogP contribution is 2.23. The maximum atomic E-state index is 6.14. The van der Waals surface area contributed by atoms with Gasteiger partial charge in [0.15, 0.2) is 0 Å². The van der Waals surface area contributed by atoms with E-state index in [0.717, 1.165) is 40.6 Å². The molecule has 122 valence electrons. The minimum Gasteiger partial charge on any atom is -0.388 e. The van der Waals surface area contributed by atoms with Gasteiger partial charge in [0.05, 0.1) is 11.4 Å². The Balaban J connectivity index is 2.38. The first-order valence-electron chi connectivity index (χ1n) is 7.61. The van der Waals surface area contributed by atoms with Crippen LogP contribution in [-0.2, 0) is 0 Å². The average molecular weight is 350 g/mol. The molecule has 2 aromatic carbocycles. The maximum absolute atomic E-state index is 6.14. The van der Waals surface area contributed by atoms with E-state index in [1.807, 2.05) is 61.4 Å². The highest BCUT2D eigenvalue weighted by atomic mass is 35.5. The summed E-state index contributed by atoms with van der Waals surface area (Å²) < 4.78 is 0. The molecule has 0 bridgehead atoms. The Morgan fingerprint density at radius 1 is 1.09 bits per heavy atom. The van der Waals surface area contributed by atoms with Crippen LogP contribution in [0.1, 0.15) is 25.8 Å². The van der Waals surface area contributed by atoms with Crippen molar-refractivity contribution in [2.24, 2.45) is 5.10 Å². The highest BCUT2D eigenvalue weighted by molar-refractivity contribution is 6.31. The van der Waals surface area contributed by atoms with Crippen molar-refractivity contribution in [1.29, 1.82) is 0 Å². The molecular weight excluding hydrogens is 329 g/mol. The quantitative estimate of drug-likeness (QED) is 0.536. The smallest absolute Gasteiger partial charge is 0.0672 e. The summed E-state index contributed by atoms with van der Waals surface area (Å²) in [6.07, 6.45) is 0.994. The van der Waals surface area contributed by atoms with Gasteiger partial charge in [-0.15, -0.1) is 0 Å². The molecule has 0 saturated carbocycles. The molecule has 0 unspecified atom stereocenters. The second-order valence-electron chi connectivity index (χ2n) is 5.22. The molecule has 23 heavy (non-hydrogen) atoms. The maximum Gasteiger partial charge on any atom is 0.0672 e. The SMILES string of the molecule is CCCN(/N=C(\C)c1cc(Cl)ccc1NC)c1ccc(Cl)cc1. The zero-order valence-electron chi connectivity index (χ0n) is 13.6. The van der Waals surface area contributed by atoms with Crippen molar-refractivity contribution >= 4 is 40.3 Å². The highest BCUT2D eigenvalue weighted by Gasteiger charge is 2.09. The summed E-state index contributed by atoms with van der Waals surface area (Å²) in [6.45, 7) is 4.95. The van der Waals surface area contributed by atoms with E-state index in [4.69, 9.17) is 28.3 Å². The van der Waals surface area contributed by atoms with Crippen LogP contribution >= 0.6 is 23.2 Å². The molecule has 3 nitrogen and oxygen atoms in total. The normalized spacial score (nSPS) is 11.4. The molecule has 1 N–H and O–H groups in total. The monoisotopic (exact) mass is 349 g/mol. The second kappa shape index (κ2) is 8.23. The van der Waals surface area contributed by atoms with Gasteiger partial charge in [0.25, 0.3) is 0 Å². The molecule has 0 saturated heterocycles. The molecule has 0 aliphatic carbocycles. The van der Waals surface area contributed by atoms with Gasteiger partial charge in [0.2, 0.25) is 0 Å². The third-order valence-electron chi connectivity index (χ3n) is 3.47. The summed E-state index contributed by atoms with van der Waals surface area (Å²) in [7, 11) is 1.89. The zero-order valence-corrected chi connectivity index (χ0v) is 15.1. The van der Waals surface area contributed by atoms with Gasteiger partial charge in [-0.2, -0.15) is 5.10 Å². The second-order valence-corrected chi connectivity index (χ2v) is 6.10. The molecule has 0 heterocycles. The van der Waals surface area contributed by atoms with Crippen molar-refractivity contribution < 1.29 is 0 Å². The van der Waals surface area contributed by atoms with E-state index in [0.29, 0.717) is 5.02 Å². The average Bonchev–Trinajstić information content (AvgIpc) is 2.55. The molecule has 0 radical (unpaired) electrons. The van der Waals surface area contributed by atoms with Gasteiger partial charge in [-0.05, 0) is 55.8 Å². The molecule has 2 rings (SSSR count). The first kappa shape index (κ1) is 17.6. The Kier molecular flexibility index (Phi) is 6.31. The van der Waals surface area contributed by atoms with Gasteiger partial charge in [-0.3, -0.25) is 5.01 Å². The van der Waals surface area contributed by atoms with Crippen LogP contribution in [0.4, 0.5) is 11.4 Å². The Morgan fingerprint density at radius 3 is 2.35 bits per heavy atom. The van der Waals surface area contributed by atoms with Crippen LogP contribution in [0.2, 0.25) is 10.0 Å². The van der Waals surface area contributed by atoms with Crippen LogP contribution in [0.5, 0.6) is 0 Å². The molecule has 0 spiro atoms. The zero-order chi connectivity index (χ0) is 16.8. The van der Waals surface area contributed by atoms with Crippen molar-refractivity contribution in [1.82, 2.24) is 0 Å². The lowest BCUT2D eigenvalue weighted by Crippen LogP contribution is -2.19. The molecule has 0 amide bonds. The molecule has 0 aromatic heterocycles. The third kappa shape index (κ3) is 4.63.